The Bertz CT molecular complexity index is 367. The van der Waals surface area contributed by atoms with Gasteiger partial charge in [-0.25, -0.2) is 0 Å². The summed E-state index contributed by atoms with van der Waals surface area (Å²) in [5, 5.41) is 0. The summed E-state index contributed by atoms with van der Waals surface area (Å²) in [6.45, 7) is 11.1. The molecular formula is C12H16N. The molecule has 0 saturated heterocycles. The van der Waals surface area contributed by atoms with Gasteiger partial charge in [0.2, 0.25) is 0 Å². The molecule has 1 radical (unpaired) electrons. The van der Waals surface area contributed by atoms with E-state index in [2.05, 4.69) is 46.2 Å². The van der Waals surface area contributed by atoms with Gasteiger partial charge >= 0.3 is 0 Å². The van der Waals surface area contributed by atoms with E-state index in [1.54, 1.807) is 0 Å². The molecule has 0 fully saturated rings. The lowest BCUT2D eigenvalue weighted by Gasteiger charge is -2.12. The van der Waals surface area contributed by atoms with Gasteiger partial charge in [0.05, 0.1) is 6.54 Å². The molecule has 1 aliphatic heterocycles. The first-order valence-corrected chi connectivity index (χ1v) is 4.72. The Kier molecular flexibility index (Phi) is 1.66. The van der Waals surface area contributed by atoms with Crippen LogP contribution >= 0.6 is 0 Å². The molecule has 0 N–H and O–H groups in total. The molecule has 13 heavy (non-hydrogen) atoms. The highest BCUT2D eigenvalue weighted by Gasteiger charge is 2.30. The number of hydrogen-bond acceptors (Lipinski definition) is 1. The minimum absolute atomic E-state index is 1.38. The van der Waals surface area contributed by atoms with Crippen molar-refractivity contribution in [1.82, 2.24) is 4.90 Å². The van der Waals surface area contributed by atoms with Crippen molar-refractivity contribution >= 4 is 0 Å². The molecule has 1 heterocycles. The van der Waals surface area contributed by atoms with Gasteiger partial charge in [-0.1, -0.05) is 0 Å². The maximum atomic E-state index is 2.24. The first-order chi connectivity index (χ1) is 6.04. The smallest absolute Gasteiger partial charge is 0.0791 e. The van der Waals surface area contributed by atoms with Crippen molar-refractivity contribution in [2.75, 3.05) is 7.05 Å². The Balaban J connectivity index is 2.64. The number of allylic oxidation sites excluding steroid dienone is 4. The summed E-state index contributed by atoms with van der Waals surface area (Å²) in [6.07, 6.45) is 0. The standard InChI is InChI=1S/C12H16N/c1-7-8(2)11-6-13(5)10(4)12(11)9(7)3/h6H,1-5H3. The highest BCUT2D eigenvalue weighted by atomic mass is 15.1. The fourth-order valence-corrected chi connectivity index (χ4v) is 2.15. The summed E-state index contributed by atoms with van der Waals surface area (Å²) in [4.78, 5) is 2.21. The van der Waals surface area contributed by atoms with Crippen LogP contribution in [0.25, 0.3) is 0 Å². The molecule has 1 heteroatoms. The fourth-order valence-electron chi connectivity index (χ4n) is 2.15. The third kappa shape index (κ3) is 0.932. The first kappa shape index (κ1) is 8.61. The van der Waals surface area contributed by atoms with E-state index >= 15 is 0 Å². The number of hydrogen-bond donors (Lipinski definition) is 0. The maximum absolute atomic E-state index is 2.24. The third-order valence-corrected chi connectivity index (χ3v) is 3.39. The molecule has 0 unspecified atom stereocenters. The molecule has 0 spiro atoms. The minimum atomic E-state index is 1.38. The van der Waals surface area contributed by atoms with Gasteiger partial charge in [-0.2, -0.15) is 0 Å². The van der Waals surface area contributed by atoms with E-state index in [9.17, 15) is 0 Å². The van der Waals surface area contributed by atoms with Crippen LogP contribution in [0.1, 0.15) is 27.7 Å². The van der Waals surface area contributed by atoms with E-state index in [1.807, 2.05) is 0 Å². The van der Waals surface area contributed by atoms with Crippen LogP contribution in [0.2, 0.25) is 0 Å². The second-order valence-corrected chi connectivity index (χ2v) is 3.99. The Labute approximate surface area is 80.4 Å². The average Bonchev–Trinajstić information content (AvgIpc) is 2.48. The molecule has 1 nitrogen and oxygen atoms in total. The predicted octanol–water partition coefficient (Wildman–Crippen LogP) is 3.03. The van der Waals surface area contributed by atoms with Gasteiger partial charge in [0.15, 0.2) is 0 Å². The molecule has 0 saturated carbocycles. The van der Waals surface area contributed by atoms with Crippen molar-refractivity contribution in [3.05, 3.63) is 40.1 Å². The average molecular weight is 174 g/mol. The topological polar surface area (TPSA) is 3.24 Å². The molecule has 0 aromatic carbocycles. The largest absolute Gasteiger partial charge is 0.368 e. The zero-order valence-corrected chi connectivity index (χ0v) is 9.02. The SMILES string of the molecule is CC1=C(C)C2=C(C)N(C)[CH]C2=C1C. The van der Waals surface area contributed by atoms with E-state index < -0.39 is 0 Å². The number of fused-ring (bicyclic) bond motifs is 1. The van der Waals surface area contributed by atoms with Crippen LogP contribution in [-0.2, 0) is 0 Å². The van der Waals surface area contributed by atoms with Crippen LogP contribution in [0.3, 0.4) is 0 Å². The monoisotopic (exact) mass is 174 g/mol. The van der Waals surface area contributed by atoms with Crippen molar-refractivity contribution in [2.24, 2.45) is 0 Å². The molecule has 0 aromatic heterocycles. The maximum Gasteiger partial charge on any atom is 0.0791 e. The summed E-state index contributed by atoms with van der Waals surface area (Å²) >= 11 is 0. The number of likely N-dealkylation sites (N-methyl/N-ethyl adjacent to an activating group) is 1. The second-order valence-electron chi connectivity index (χ2n) is 3.99. The van der Waals surface area contributed by atoms with E-state index in [0.29, 0.717) is 0 Å². The Morgan fingerprint density at radius 1 is 0.923 bits per heavy atom. The second kappa shape index (κ2) is 2.50. The normalized spacial score (nSPS) is 22.4. The molecular weight excluding hydrogens is 158 g/mol. The lowest BCUT2D eigenvalue weighted by molar-refractivity contribution is 0.543. The third-order valence-electron chi connectivity index (χ3n) is 3.39. The Hall–Kier alpha value is -0.980. The van der Waals surface area contributed by atoms with Crippen LogP contribution in [0.5, 0.6) is 0 Å². The van der Waals surface area contributed by atoms with E-state index in [0.717, 1.165) is 0 Å². The van der Waals surface area contributed by atoms with Crippen LogP contribution < -0.4 is 0 Å². The highest BCUT2D eigenvalue weighted by molar-refractivity contribution is 5.68. The van der Waals surface area contributed by atoms with Gasteiger partial charge in [0, 0.05) is 18.3 Å². The molecule has 1 aliphatic carbocycles. The van der Waals surface area contributed by atoms with Crippen LogP contribution in [0, 0.1) is 6.54 Å². The minimum Gasteiger partial charge on any atom is -0.368 e. The Morgan fingerprint density at radius 2 is 1.54 bits per heavy atom. The summed E-state index contributed by atoms with van der Waals surface area (Å²) in [7, 11) is 2.11. The van der Waals surface area contributed by atoms with Crippen molar-refractivity contribution in [3.8, 4) is 0 Å². The van der Waals surface area contributed by atoms with Gasteiger partial charge in [-0.15, -0.1) is 0 Å². The predicted molar refractivity (Wildman–Crippen MR) is 55.8 cm³/mol. The zero-order chi connectivity index (χ0) is 9.75. The lowest BCUT2D eigenvalue weighted by Crippen LogP contribution is -2.07. The molecule has 0 bridgehead atoms. The van der Waals surface area contributed by atoms with Crippen molar-refractivity contribution in [3.63, 3.8) is 0 Å². The van der Waals surface area contributed by atoms with E-state index in [1.165, 1.54) is 33.6 Å². The quantitative estimate of drug-likeness (QED) is 0.545. The van der Waals surface area contributed by atoms with Gasteiger partial charge in [0.1, 0.15) is 0 Å². The van der Waals surface area contributed by atoms with E-state index in [-0.39, 0.29) is 0 Å². The molecule has 2 aliphatic rings. The van der Waals surface area contributed by atoms with Crippen molar-refractivity contribution in [2.45, 2.75) is 27.7 Å². The van der Waals surface area contributed by atoms with Gasteiger partial charge < -0.3 is 4.90 Å². The Morgan fingerprint density at radius 3 is 2.08 bits per heavy atom. The zero-order valence-electron chi connectivity index (χ0n) is 9.02. The van der Waals surface area contributed by atoms with Gasteiger partial charge in [-0.05, 0) is 50.0 Å². The molecule has 69 valence electrons. The first-order valence-electron chi connectivity index (χ1n) is 4.72. The summed E-state index contributed by atoms with van der Waals surface area (Å²) < 4.78 is 0. The van der Waals surface area contributed by atoms with Crippen LogP contribution in [-0.4, -0.2) is 11.9 Å². The van der Waals surface area contributed by atoms with Crippen molar-refractivity contribution in [1.29, 1.82) is 0 Å². The van der Waals surface area contributed by atoms with Gasteiger partial charge in [0.25, 0.3) is 0 Å². The van der Waals surface area contributed by atoms with Crippen LogP contribution in [0.4, 0.5) is 0 Å². The molecule has 0 aromatic rings. The van der Waals surface area contributed by atoms with Crippen molar-refractivity contribution < 1.29 is 0 Å². The fraction of sp³-hybridized carbons (Fsp3) is 0.417. The summed E-state index contributed by atoms with van der Waals surface area (Å²) in [6, 6.07) is 0. The van der Waals surface area contributed by atoms with E-state index in [4.69, 9.17) is 0 Å². The number of rotatable bonds is 0. The summed E-state index contributed by atoms with van der Waals surface area (Å²) in [5.41, 5.74) is 8.60. The summed E-state index contributed by atoms with van der Waals surface area (Å²) in [5.74, 6) is 0. The molecule has 0 atom stereocenters. The molecule has 0 amide bonds. The van der Waals surface area contributed by atoms with Crippen LogP contribution in [0.15, 0.2) is 33.6 Å². The van der Waals surface area contributed by atoms with Gasteiger partial charge in [-0.3, -0.25) is 0 Å². The lowest BCUT2D eigenvalue weighted by atomic mass is 10.1. The highest BCUT2D eigenvalue weighted by Crippen LogP contribution is 2.44. The number of nitrogens with zero attached hydrogens (tertiary/aromatic N) is 1. The molecule has 2 rings (SSSR count).